The van der Waals surface area contributed by atoms with Gasteiger partial charge in [0.15, 0.2) is 0 Å². The monoisotopic (exact) mass is 262 g/mol. The van der Waals surface area contributed by atoms with Gasteiger partial charge in [-0.3, -0.25) is 0 Å². The molecule has 0 saturated carbocycles. The Morgan fingerprint density at radius 3 is 2.84 bits per heavy atom. The maximum absolute atomic E-state index is 11.7. The van der Waals surface area contributed by atoms with Crippen molar-refractivity contribution in [2.24, 2.45) is 5.92 Å². The Morgan fingerprint density at radius 1 is 1.42 bits per heavy atom. The number of hydrogen-bond acceptors (Lipinski definition) is 4. The third-order valence-corrected chi connectivity index (χ3v) is 4.17. The summed E-state index contributed by atoms with van der Waals surface area (Å²) in [6, 6.07) is 5.99. The molecular weight excluding hydrogens is 240 g/mol. The largest absolute Gasteiger partial charge is 0.465 e. The van der Waals surface area contributed by atoms with E-state index in [1.165, 1.54) is 13.5 Å². The van der Waals surface area contributed by atoms with Gasteiger partial charge >= 0.3 is 5.97 Å². The highest BCUT2D eigenvalue weighted by molar-refractivity contribution is 5.98. The Balaban J connectivity index is 2.37. The summed E-state index contributed by atoms with van der Waals surface area (Å²) in [5, 5.41) is 0. The number of piperidine rings is 1. The quantitative estimate of drug-likeness (QED) is 0.657. The Morgan fingerprint density at radius 2 is 2.16 bits per heavy atom. The first-order chi connectivity index (χ1) is 9.06. The van der Waals surface area contributed by atoms with E-state index in [2.05, 4.69) is 18.7 Å². The fourth-order valence-electron chi connectivity index (χ4n) is 2.77. The van der Waals surface area contributed by atoms with Crippen molar-refractivity contribution in [2.45, 2.75) is 32.7 Å². The van der Waals surface area contributed by atoms with Crippen molar-refractivity contribution in [1.82, 2.24) is 0 Å². The molecule has 1 heterocycles. The molecule has 1 aromatic carbocycles. The van der Waals surface area contributed by atoms with Crippen LogP contribution in [0.5, 0.6) is 0 Å². The van der Waals surface area contributed by atoms with E-state index >= 15 is 0 Å². The summed E-state index contributed by atoms with van der Waals surface area (Å²) in [7, 11) is 1.38. The summed E-state index contributed by atoms with van der Waals surface area (Å²) in [6.07, 6.45) is 2.40. The predicted molar refractivity (Wildman–Crippen MR) is 77.4 cm³/mol. The summed E-state index contributed by atoms with van der Waals surface area (Å²) in [5.74, 6) is 0.256. The van der Waals surface area contributed by atoms with E-state index in [-0.39, 0.29) is 5.97 Å². The fraction of sp³-hybridized carbons (Fsp3) is 0.533. The molecule has 2 N–H and O–H groups in total. The van der Waals surface area contributed by atoms with Gasteiger partial charge in [-0.15, -0.1) is 0 Å². The van der Waals surface area contributed by atoms with Crippen LogP contribution < -0.4 is 10.6 Å². The highest BCUT2D eigenvalue weighted by Gasteiger charge is 2.27. The van der Waals surface area contributed by atoms with Gasteiger partial charge in [-0.2, -0.15) is 0 Å². The number of anilines is 2. The zero-order valence-corrected chi connectivity index (χ0v) is 11.8. The number of benzene rings is 1. The molecule has 19 heavy (non-hydrogen) atoms. The molecule has 104 valence electrons. The van der Waals surface area contributed by atoms with E-state index in [9.17, 15) is 4.79 Å². The second kappa shape index (κ2) is 5.51. The van der Waals surface area contributed by atoms with Gasteiger partial charge < -0.3 is 15.4 Å². The van der Waals surface area contributed by atoms with E-state index in [0.717, 1.165) is 18.7 Å². The van der Waals surface area contributed by atoms with Crippen molar-refractivity contribution in [3.63, 3.8) is 0 Å². The molecule has 0 amide bonds. The summed E-state index contributed by atoms with van der Waals surface area (Å²) in [5.41, 5.74) is 8.07. The van der Waals surface area contributed by atoms with Gasteiger partial charge in [0.1, 0.15) is 0 Å². The Kier molecular flexibility index (Phi) is 3.98. The number of para-hydroxylation sites is 1. The van der Waals surface area contributed by atoms with Crippen molar-refractivity contribution in [3.8, 4) is 0 Å². The molecule has 0 bridgehead atoms. The number of nitrogens with two attached hydrogens (primary N) is 1. The van der Waals surface area contributed by atoms with Crippen LogP contribution in [0, 0.1) is 5.92 Å². The molecule has 2 unspecified atom stereocenters. The van der Waals surface area contributed by atoms with E-state index in [1.807, 2.05) is 12.1 Å². The minimum atomic E-state index is -0.378. The molecule has 2 rings (SSSR count). The molecule has 1 aromatic rings. The van der Waals surface area contributed by atoms with Crippen LogP contribution in [0.2, 0.25) is 0 Å². The standard InChI is InChI=1S/C15H22N2O2/c1-10-6-5-9-17(11(10)2)13-8-4-7-12(14(13)16)15(18)19-3/h4,7-8,10-11H,5-6,9,16H2,1-3H3. The molecule has 0 aliphatic carbocycles. The first-order valence-electron chi connectivity index (χ1n) is 6.79. The molecule has 0 radical (unpaired) electrons. The van der Waals surface area contributed by atoms with Crippen molar-refractivity contribution < 1.29 is 9.53 Å². The SMILES string of the molecule is COC(=O)c1cccc(N2CCCC(C)C2C)c1N. The lowest BCUT2D eigenvalue weighted by molar-refractivity contribution is 0.0602. The lowest BCUT2D eigenvalue weighted by Crippen LogP contribution is -2.42. The van der Waals surface area contributed by atoms with Crippen LogP contribution in [0.4, 0.5) is 11.4 Å². The molecule has 4 nitrogen and oxygen atoms in total. The molecule has 4 heteroatoms. The maximum Gasteiger partial charge on any atom is 0.340 e. The number of esters is 1. The minimum absolute atomic E-state index is 0.378. The lowest BCUT2D eigenvalue weighted by atomic mass is 9.91. The first kappa shape index (κ1) is 13.7. The van der Waals surface area contributed by atoms with Crippen LogP contribution in [0.15, 0.2) is 18.2 Å². The lowest BCUT2D eigenvalue weighted by Gasteiger charge is -2.40. The molecule has 1 fully saturated rings. The smallest absolute Gasteiger partial charge is 0.340 e. The average Bonchev–Trinajstić information content (AvgIpc) is 2.42. The molecule has 1 aliphatic heterocycles. The van der Waals surface area contributed by atoms with Crippen LogP contribution in [-0.2, 0) is 4.74 Å². The van der Waals surface area contributed by atoms with Gasteiger partial charge in [-0.25, -0.2) is 4.79 Å². The van der Waals surface area contributed by atoms with Crippen LogP contribution in [0.3, 0.4) is 0 Å². The van der Waals surface area contributed by atoms with Crippen molar-refractivity contribution in [3.05, 3.63) is 23.8 Å². The second-order valence-electron chi connectivity index (χ2n) is 5.28. The van der Waals surface area contributed by atoms with Gasteiger partial charge in [0.25, 0.3) is 0 Å². The number of carbonyl (C=O) groups excluding carboxylic acids is 1. The number of nitrogen functional groups attached to an aromatic ring is 1. The van der Waals surface area contributed by atoms with Crippen LogP contribution >= 0.6 is 0 Å². The van der Waals surface area contributed by atoms with Crippen LogP contribution in [-0.4, -0.2) is 25.7 Å². The Bertz CT molecular complexity index is 473. The van der Waals surface area contributed by atoms with Crippen LogP contribution in [0.1, 0.15) is 37.0 Å². The second-order valence-corrected chi connectivity index (χ2v) is 5.28. The minimum Gasteiger partial charge on any atom is -0.465 e. The van der Waals surface area contributed by atoms with Crippen LogP contribution in [0.25, 0.3) is 0 Å². The third-order valence-electron chi connectivity index (χ3n) is 4.17. The van der Waals surface area contributed by atoms with Gasteiger partial charge in [0.2, 0.25) is 0 Å². The van der Waals surface area contributed by atoms with E-state index < -0.39 is 0 Å². The number of nitrogens with zero attached hydrogens (tertiary/aromatic N) is 1. The number of ether oxygens (including phenoxy) is 1. The Hall–Kier alpha value is -1.71. The van der Waals surface area contributed by atoms with Gasteiger partial charge in [-0.1, -0.05) is 13.0 Å². The topological polar surface area (TPSA) is 55.6 Å². The van der Waals surface area contributed by atoms with Crippen molar-refractivity contribution in [1.29, 1.82) is 0 Å². The normalized spacial score (nSPS) is 23.2. The fourth-order valence-corrected chi connectivity index (χ4v) is 2.77. The molecule has 2 atom stereocenters. The highest BCUT2D eigenvalue weighted by atomic mass is 16.5. The third kappa shape index (κ3) is 2.53. The predicted octanol–water partition coefficient (Wildman–Crippen LogP) is 2.68. The maximum atomic E-state index is 11.7. The van der Waals surface area contributed by atoms with E-state index in [4.69, 9.17) is 10.5 Å². The highest BCUT2D eigenvalue weighted by Crippen LogP contribution is 2.33. The Labute approximate surface area is 114 Å². The number of hydrogen-bond donors (Lipinski definition) is 1. The van der Waals surface area contributed by atoms with E-state index in [1.54, 1.807) is 6.07 Å². The molecule has 1 saturated heterocycles. The van der Waals surface area contributed by atoms with Gasteiger partial charge in [-0.05, 0) is 37.8 Å². The van der Waals surface area contributed by atoms with Crippen molar-refractivity contribution >= 4 is 17.3 Å². The zero-order chi connectivity index (χ0) is 14.0. The summed E-state index contributed by atoms with van der Waals surface area (Å²) >= 11 is 0. The van der Waals surface area contributed by atoms with Crippen molar-refractivity contribution in [2.75, 3.05) is 24.3 Å². The van der Waals surface area contributed by atoms with Gasteiger partial charge in [0.05, 0.1) is 24.0 Å². The van der Waals surface area contributed by atoms with Gasteiger partial charge in [0, 0.05) is 12.6 Å². The number of rotatable bonds is 2. The first-order valence-corrected chi connectivity index (χ1v) is 6.79. The molecule has 0 aromatic heterocycles. The zero-order valence-electron chi connectivity index (χ0n) is 11.8. The molecular formula is C15H22N2O2. The molecule has 1 aliphatic rings. The number of carbonyl (C=O) groups is 1. The number of methoxy groups -OCH3 is 1. The average molecular weight is 262 g/mol. The summed E-state index contributed by atoms with van der Waals surface area (Å²) in [4.78, 5) is 14.0. The summed E-state index contributed by atoms with van der Waals surface area (Å²) in [6.45, 7) is 5.46. The molecule has 0 spiro atoms. The van der Waals surface area contributed by atoms with E-state index in [0.29, 0.717) is 23.2 Å². The summed E-state index contributed by atoms with van der Waals surface area (Å²) < 4.78 is 4.77.